The number of anilines is 1. The molecule has 0 saturated carbocycles. The Labute approximate surface area is 71.2 Å². The van der Waals surface area contributed by atoms with Crippen LogP contribution in [0.3, 0.4) is 0 Å². The lowest BCUT2D eigenvalue weighted by atomic mass is 10.1. The van der Waals surface area contributed by atoms with Crippen LogP contribution in [0.5, 0.6) is 0 Å². The van der Waals surface area contributed by atoms with Crippen LogP contribution >= 0.6 is 0 Å². The fourth-order valence-electron chi connectivity index (χ4n) is 1.60. The minimum Gasteiger partial charge on any atom is -0.399 e. The van der Waals surface area contributed by atoms with Crippen LogP contribution in [-0.4, -0.2) is 11.7 Å². The molecule has 3 heteroatoms. The molecule has 1 unspecified atom stereocenters. The zero-order valence-electron chi connectivity index (χ0n) is 6.75. The lowest BCUT2D eigenvalue weighted by molar-refractivity contribution is 0.251. The molecule has 12 heavy (non-hydrogen) atoms. The minimum absolute atomic E-state index is 0.0727. The molecule has 0 saturated heterocycles. The third kappa shape index (κ3) is 1.07. The molecule has 1 heterocycles. The monoisotopic (exact) mass is 164 g/mol. The Morgan fingerprint density at radius 2 is 2.42 bits per heavy atom. The van der Waals surface area contributed by atoms with Crippen molar-refractivity contribution in [2.75, 3.05) is 12.3 Å². The van der Waals surface area contributed by atoms with Gasteiger partial charge in [0.15, 0.2) is 0 Å². The summed E-state index contributed by atoms with van der Waals surface area (Å²) in [6.07, 6.45) is 0. The summed E-state index contributed by atoms with van der Waals surface area (Å²) in [5, 5.41) is 12.2. The Morgan fingerprint density at radius 3 is 3.17 bits per heavy atom. The molecule has 0 aromatic heterocycles. The first-order chi connectivity index (χ1) is 5.81. The van der Waals surface area contributed by atoms with Crippen molar-refractivity contribution in [1.82, 2.24) is 5.32 Å². The highest BCUT2D eigenvalue weighted by Gasteiger charge is 2.20. The van der Waals surface area contributed by atoms with Crippen LogP contribution in [0.1, 0.15) is 17.2 Å². The van der Waals surface area contributed by atoms with Gasteiger partial charge >= 0.3 is 0 Å². The summed E-state index contributed by atoms with van der Waals surface area (Å²) in [5.41, 5.74) is 8.77. The molecule has 1 aromatic carbocycles. The summed E-state index contributed by atoms with van der Waals surface area (Å²) in [5.74, 6) is 0. The number of benzene rings is 1. The van der Waals surface area contributed by atoms with Crippen molar-refractivity contribution in [2.45, 2.75) is 12.6 Å². The molecule has 1 atom stereocenters. The summed E-state index contributed by atoms with van der Waals surface area (Å²) in [7, 11) is 0. The molecule has 0 bridgehead atoms. The summed E-state index contributed by atoms with van der Waals surface area (Å²) in [6.45, 7) is 0.970. The van der Waals surface area contributed by atoms with Gasteiger partial charge in [0.2, 0.25) is 0 Å². The third-order valence-corrected chi connectivity index (χ3v) is 2.27. The van der Waals surface area contributed by atoms with Gasteiger partial charge in [-0.1, -0.05) is 6.07 Å². The Bertz CT molecular complexity index is 299. The molecule has 0 aliphatic carbocycles. The standard InChI is InChI=1S/C9H12N2O/c10-7-2-1-6-4-11-9(5-12)8(6)3-7/h1-3,9,11-12H,4-5,10H2. The van der Waals surface area contributed by atoms with Gasteiger partial charge in [-0.3, -0.25) is 0 Å². The van der Waals surface area contributed by atoms with Crippen LogP contribution in [0.25, 0.3) is 0 Å². The van der Waals surface area contributed by atoms with E-state index >= 15 is 0 Å². The van der Waals surface area contributed by atoms with Crippen LogP contribution in [0.4, 0.5) is 5.69 Å². The smallest absolute Gasteiger partial charge is 0.0626 e. The van der Waals surface area contributed by atoms with E-state index in [1.807, 2.05) is 18.2 Å². The Balaban J connectivity index is 2.42. The van der Waals surface area contributed by atoms with Gasteiger partial charge in [0, 0.05) is 12.2 Å². The highest BCUT2D eigenvalue weighted by atomic mass is 16.3. The Hall–Kier alpha value is -1.06. The van der Waals surface area contributed by atoms with Crippen LogP contribution < -0.4 is 11.1 Å². The van der Waals surface area contributed by atoms with Gasteiger partial charge in [0.25, 0.3) is 0 Å². The van der Waals surface area contributed by atoms with Crippen molar-refractivity contribution in [3.8, 4) is 0 Å². The predicted octanol–water partition coefficient (Wildman–Crippen LogP) is 0.405. The van der Waals surface area contributed by atoms with Gasteiger partial charge < -0.3 is 16.2 Å². The summed E-state index contributed by atoms with van der Waals surface area (Å²) < 4.78 is 0. The fraction of sp³-hybridized carbons (Fsp3) is 0.333. The number of aliphatic hydroxyl groups excluding tert-OH is 1. The number of hydrogen-bond acceptors (Lipinski definition) is 3. The fourth-order valence-corrected chi connectivity index (χ4v) is 1.60. The molecule has 64 valence electrons. The number of nitrogens with one attached hydrogen (secondary N) is 1. The maximum absolute atomic E-state index is 9.00. The molecule has 0 radical (unpaired) electrons. The van der Waals surface area contributed by atoms with E-state index in [-0.39, 0.29) is 12.6 Å². The second kappa shape index (κ2) is 2.77. The average molecular weight is 164 g/mol. The van der Waals surface area contributed by atoms with Gasteiger partial charge in [0.1, 0.15) is 0 Å². The van der Waals surface area contributed by atoms with E-state index in [0.29, 0.717) is 0 Å². The van der Waals surface area contributed by atoms with Gasteiger partial charge in [-0.15, -0.1) is 0 Å². The Morgan fingerprint density at radius 1 is 1.58 bits per heavy atom. The largest absolute Gasteiger partial charge is 0.399 e. The quantitative estimate of drug-likeness (QED) is 0.527. The zero-order valence-corrected chi connectivity index (χ0v) is 6.75. The predicted molar refractivity (Wildman–Crippen MR) is 47.5 cm³/mol. The normalized spacial score (nSPS) is 20.9. The van der Waals surface area contributed by atoms with Gasteiger partial charge in [-0.05, 0) is 23.3 Å². The van der Waals surface area contributed by atoms with Crippen LogP contribution in [-0.2, 0) is 6.54 Å². The number of aliphatic hydroxyl groups is 1. The van der Waals surface area contributed by atoms with Crippen molar-refractivity contribution < 1.29 is 5.11 Å². The van der Waals surface area contributed by atoms with E-state index in [4.69, 9.17) is 10.8 Å². The van der Waals surface area contributed by atoms with Gasteiger partial charge in [-0.2, -0.15) is 0 Å². The number of rotatable bonds is 1. The van der Waals surface area contributed by atoms with Crippen molar-refractivity contribution in [3.63, 3.8) is 0 Å². The topological polar surface area (TPSA) is 58.3 Å². The van der Waals surface area contributed by atoms with E-state index in [1.54, 1.807) is 0 Å². The first-order valence-corrected chi connectivity index (χ1v) is 4.04. The first kappa shape index (κ1) is 7.58. The molecule has 0 fully saturated rings. The molecule has 0 amide bonds. The molecular formula is C9H12N2O. The number of fused-ring (bicyclic) bond motifs is 1. The minimum atomic E-state index is 0.0727. The summed E-state index contributed by atoms with van der Waals surface area (Å²) in [6, 6.07) is 5.90. The van der Waals surface area contributed by atoms with Crippen molar-refractivity contribution in [1.29, 1.82) is 0 Å². The molecule has 4 N–H and O–H groups in total. The molecule has 1 aromatic rings. The molecular weight excluding hydrogens is 152 g/mol. The number of hydrogen-bond donors (Lipinski definition) is 3. The molecule has 3 nitrogen and oxygen atoms in total. The lowest BCUT2D eigenvalue weighted by Crippen LogP contribution is -2.15. The van der Waals surface area contributed by atoms with Crippen LogP contribution in [0, 0.1) is 0 Å². The van der Waals surface area contributed by atoms with Crippen LogP contribution in [0.2, 0.25) is 0 Å². The molecule has 0 spiro atoms. The maximum atomic E-state index is 9.00. The van der Waals surface area contributed by atoms with E-state index in [1.165, 1.54) is 5.56 Å². The van der Waals surface area contributed by atoms with E-state index in [2.05, 4.69) is 5.32 Å². The number of nitrogens with two attached hydrogens (primary N) is 1. The summed E-state index contributed by atoms with van der Waals surface area (Å²) >= 11 is 0. The van der Waals surface area contributed by atoms with Crippen LogP contribution in [0.15, 0.2) is 18.2 Å². The second-order valence-corrected chi connectivity index (χ2v) is 3.07. The highest BCUT2D eigenvalue weighted by Crippen LogP contribution is 2.26. The first-order valence-electron chi connectivity index (χ1n) is 4.04. The van der Waals surface area contributed by atoms with Crippen molar-refractivity contribution in [3.05, 3.63) is 29.3 Å². The molecule has 1 aliphatic rings. The van der Waals surface area contributed by atoms with E-state index in [0.717, 1.165) is 17.8 Å². The lowest BCUT2D eigenvalue weighted by Gasteiger charge is -2.07. The molecule has 2 rings (SSSR count). The van der Waals surface area contributed by atoms with Gasteiger partial charge in [-0.25, -0.2) is 0 Å². The highest BCUT2D eigenvalue weighted by molar-refractivity contribution is 5.47. The third-order valence-electron chi connectivity index (χ3n) is 2.27. The van der Waals surface area contributed by atoms with E-state index < -0.39 is 0 Å². The zero-order chi connectivity index (χ0) is 8.55. The van der Waals surface area contributed by atoms with Crippen molar-refractivity contribution >= 4 is 5.69 Å². The van der Waals surface area contributed by atoms with E-state index in [9.17, 15) is 0 Å². The van der Waals surface area contributed by atoms with Crippen molar-refractivity contribution in [2.24, 2.45) is 0 Å². The number of nitrogen functional groups attached to an aromatic ring is 1. The Kier molecular flexibility index (Phi) is 1.75. The average Bonchev–Trinajstić information content (AvgIpc) is 2.46. The summed E-state index contributed by atoms with van der Waals surface area (Å²) in [4.78, 5) is 0. The van der Waals surface area contributed by atoms with Gasteiger partial charge in [0.05, 0.1) is 12.6 Å². The molecule has 1 aliphatic heterocycles. The second-order valence-electron chi connectivity index (χ2n) is 3.07. The maximum Gasteiger partial charge on any atom is 0.0626 e. The SMILES string of the molecule is Nc1ccc2c(c1)C(CO)NC2.